The molecule has 1 aliphatic rings. The fraction of sp³-hybridized carbons (Fsp3) is 0.586. The first-order valence-electron chi connectivity index (χ1n) is 12.4. The maximum Gasteiger partial charge on any atom is 0.0102 e. The van der Waals surface area contributed by atoms with E-state index in [-0.39, 0.29) is 0 Å². The van der Waals surface area contributed by atoms with Gasteiger partial charge in [0.1, 0.15) is 0 Å². The van der Waals surface area contributed by atoms with Gasteiger partial charge in [-0.2, -0.15) is 0 Å². The van der Waals surface area contributed by atoms with Gasteiger partial charge in [0, 0.05) is 5.92 Å². The maximum atomic E-state index is 2.61. The van der Waals surface area contributed by atoms with E-state index in [0.717, 1.165) is 38.5 Å². The van der Waals surface area contributed by atoms with Crippen molar-refractivity contribution in [2.75, 3.05) is 0 Å². The zero-order chi connectivity index (χ0) is 21.3. The molecule has 1 unspecified atom stereocenters. The molecule has 3 rings (SSSR count). The molecule has 0 nitrogen and oxygen atoms in total. The van der Waals surface area contributed by atoms with Gasteiger partial charge in [-0.3, -0.25) is 0 Å². The summed E-state index contributed by atoms with van der Waals surface area (Å²) < 4.78 is 0. The lowest BCUT2D eigenvalue weighted by molar-refractivity contribution is 0.774. The van der Waals surface area contributed by atoms with Crippen LogP contribution < -0.4 is 0 Å². The molecule has 0 aliphatic heterocycles. The third-order valence-electron chi connectivity index (χ3n) is 7.55. The van der Waals surface area contributed by atoms with Crippen molar-refractivity contribution in [1.82, 2.24) is 0 Å². The molecule has 0 spiro atoms. The summed E-state index contributed by atoms with van der Waals surface area (Å²) in [5.74, 6) is 0.581. The van der Waals surface area contributed by atoms with E-state index in [1.165, 1.54) is 12.8 Å². The lowest BCUT2D eigenvalue weighted by Gasteiger charge is -2.25. The average molecular weight is 391 g/mol. The highest BCUT2D eigenvalue weighted by Crippen LogP contribution is 2.54. The van der Waals surface area contributed by atoms with Gasteiger partial charge >= 0.3 is 0 Å². The molecule has 0 fully saturated rings. The monoisotopic (exact) mass is 390 g/mol. The topological polar surface area (TPSA) is 0 Å². The minimum absolute atomic E-state index is 0.581. The molecule has 0 amide bonds. The van der Waals surface area contributed by atoms with Crippen LogP contribution in [-0.2, 0) is 44.9 Å². The summed E-state index contributed by atoms with van der Waals surface area (Å²) in [5, 5.41) is 0. The molecule has 158 valence electrons. The van der Waals surface area contributed by atoms with E-state index in [0.29, 0.717) is 5.92 Å². The number of hydrogen-bond donors (Lipinski definition) is 0. The first-order chi connectivity index (χ1) is 14.1. The van der Waals surface area contributed by atoms with E-state index in [1.54, 1.807) is 61.2 Å². The third kappa shape index (κ3) is 3.18. The molecule has 0 N–H and O–H groups in total. The summed E-state index contributed by atoms with van der Waals surface area (Å²) in [4.78, 5) is 0. The Labute approximate surface area is 180 Å². The average Bonchev–Trinajstić information content (AvgIpc) is 3.08. The van der Waals surface area contributed by atoms with Crippen molar-refractivity contribution in [3.8, 4) is 11.1 Å². The van der Waals surface area contributed by atoms with Gasteiger partial charge in [0.25, 0.3) is 0 Å². The van der Waals surface area contributed by atoms with Gasteiger partial charge < -0.3 is 0 Å². The smallest absolute Gasteiger partial charge is 0.0102 e. The van der Waals surface area contributed by atoms with Crippen molar-refractivity contribution in [2.24, 2.45) is 0 Å². The van der Waals surface area contributed by atoms with Gasteiger partial charge in [-0.15, -0.1) is 0 Å². The Hall–Kier alpha value is -1.56. The number of fused-ring (bicyclic) bond motifs is 3. The predicted octanol–water partition coefficient (Wildman–Crippen LogP) is 8.15. The van der Waals surface area contributed by atoms with E-state index >= 15 is 0 Å². The van der Waals surface area contributed by atoms with Crippen LogP contribution in [0, 0.1) is 0 Å². The van der Waals surface area contributed by atoms with Gasteiger partial charge in [0.2, 0.25) is 0 Å². The summed E-state index contributed by atoms with van der Waals surface area (Å²) in [7, 11) is 0. The summed E-state index contributed by atoms with van der Waals surface area (Å²) in [6, 6.07) is 2.61. The third-order valence-corrected chi connectivity index (χ3v) is 7.55. The molecule has 29 heavy (non-hydrogen) atoms. The van der Waals surface area contributed by atoms with Gasteiger partial charge in [-0.25, -0.2) is 0 Å². The molecule has 0 bridgehead atoms. The Morgan fingerprint density at radius 2 is 1.00 bits per heavy atom. The molecule has 1 aliphatic carbocycles. The van der Waals surface area contributed by atoms with Crippen LogP contribution in [0.1, 0.15) is 118 Å². The van der Waals surface area contributed by atoms with Crippen LogP contribution in [-0.4, -0.2) is 0 Å². The van der Waals surface area contributed by atoms with Crippen LogP contribution in [0.2, 0.25) is 0 Å². The Morgan fingerprint density at radius 3 is 1.45 bits per heavy atom. The second kappa shape index (κ2) is 9.07. The number of hydrogen-bond acceptors (Lipinski definition) is 0. The summed E-state index contributed by atoms with van der Waals surface area (Å²) in [6.07, 6.45) is 9.31. The highest BCUT2D eigenvalue weighted by molar-refractivity contribution is 5.88. The minimum Gasteiger partial charge on any atom is -0.0645 e. The quantitative estimate of drug-likeness (QED) is 0.426. The molecular weight excluding hydrogens is 348 g/mol. The highest BCUT2D eigenvalue weighted by atomic mass is 14.4. The van der Waals surface area contributed by atoms with E-state index < -0.39 is 0 Å². The predicted molar refractivity (Wildman–Crippen MR) is 130 cm³/mol. The largest absolute Gasteiger partial charge is 0.0645 e. The van der Waals surface area contributed by atoms with E-state index in [9.17, 15) is 0 Å². The molecule has 0 heterocycles. The summed E-state index contributed by atoms with van der Waals surface area (Å²) in [6.45, 7) is 19.0. The van der Waals surface area contributed by atoms with Crippen molar-refractivity contribution in [1.29, 1.82) is 0 Å². The van der Waals surface area contributed by atoms with E-state index in [2.05, 4.69) is 61.5 Å². The van der Waals surface area contributed by atoms with Crippen LogP contribution >= 0.6 is 0 Å². The van der Waals surface area contributed by atoms with Crippen molar-refractivity contribution >= 4 is 0 Å². The first kappa shape index (κ1) is 22.1. The first-order valence-corrected chi connectivity index (χ1v) is 12.4. The fourth-order valence-corrected chi connectivity index (χ4v) is 6.47. The lowest BCUT2D eigenvalue weighted by atomic mass is 9.80. The fourth-order valence-electron chi connectivity index (χ4n) is 6.47. The molecule has 2 aromatic rings. The van der Waals surface area contributed by atoms with Gasteiger partial charge in [-0.05, 0) is 113 Å². The van der Waals surface area contributed by atoms with Crippen molar-refractivity contribution < 1.29 is 0 Å². The van der Waals surface area contributed by atoms with Crippen molar-refractivity contribution in [3.63, 3.8) is 0 Å². The van der Waals surface area contributed by atoms with Crippen molar-refractivity contribution in [3.05, 3.63) is 56.1 Å². The second-order valence-electron chi connectivity index (χ2n) is 8.60. The van der Waals surface area contributed by atoms with Crippen LogP contribution in [0.3, 0.4) is 0 Å². The van der Waals surface area contributed by atoms with Gasteiger partial charge in [0.05, 0.1) is 0 Å². The van der Waals surface area contributed by atoms with Crippen LogP contribution in [0.4, 0.5) is 0 Å². The SMILES string of the molecule is CCc1cc2c(c(CC)c1CC)-c1c(CC)c(CC)c(CC)c(CC)c1C2CC. The number of aryl methyl sites for hydroxylation is 1. The highest BCUT2D eigenvalue weighted by Gasteiger charge is 2.36. The zero-order valence-corrected chi connectivity index (χ0v) is 20.3. The molecular formula is C29H42. The molecule has 2 aromatic carbocycles. The maximum absolute atomic E-state index is 2.61. The van der Waals surface area contributed by atoms with Gasteiger partial charge in [-0.1, -0.05) is 61.5 Å². The van der Waals surface area contributed by atoms with E-state index in [4.69, 9.17) is 0 Å². The molecule has 1 atom stereocenters. The lowest BCUT2D eigenvalue weighted by Crippen LogP contribution is -2.10. The van der Waals surface area contributed by atoms with Crippen LogP contribution in [0.25, 0.3) is 11.1 Å². The van der Waals surface area contributed by atoms with Crippen molar-refractivity contribution in [2.45, 2.75) is 113 Å². The Kier molecular flexibility index (Phi) is 6.92. The molecule has 0 saturated heterocycles. The van der Waals surface area contributed by atoms with Crippen LogP contribution in [0.15, 0.2) is 6.07 Å². The Bertz CT molecular complexity index is 897. The van der Waals surface area contributed by atoms with E-state index in [1.807, 2.05) is 0 Å². The molecule has 0 radical (unpaired) electrons. The molecule has 0 heteroatoms. The Morgan fingerprint density at radius 1 is 0.517 bits per heavy atom. The van der Waals surface area contributed by atoms with Gasteiger partial charge in [0.15, 0.2) is 0 Å². The molecule has 0 saturated carbocycles. The zero-order valence-electron chi connectivity index (χ0n) is 20.3. The number of benzene rings is 2. The summed E-state index contributed by atoms with van der Waals surface area (Å²) >= 11 is 0. The summed E-state index contributed by atoms with van der Waals surface area (Å²) in [5.41, 5.74) is 18.2. The molecule has 0 aromatic heterocycles. The second-order valence-corrected chi connectivity index (χ2v) is 8.60. The minimum atomic E-state index is 0.581. The standard InChI is InChI=1S/C29H42/c1-9-18-17-26-25(16-8)27-23(14-6)20(11-3)21(12-4)24(15-7)29(27)28(26)22(13-5)19(18)10-2/h17,25H,9-16H2,1-8H3. The van der Waals surface area contributed by atoms with Crippen LogP contribution in [0.5, 0.6) is 0 Å². The Balaban J connectivity index is 2.56. The number of rotatable bonds is 8. The normalized spacial score (nSPS) is 15.0.